The molecule has 1 amide bonds. The Balaban J connectivity index is 2.04. The Kier molecular flexibility index (Phi) is 3.48. The summed E-state index contributed by atoms with van der Waals surface area (Å²) < 4.78 is 26.2. The molecule has 1 aromatic rings. The lowest BCUT2D eigenvalue weighted by molar-refractivity contribution is -0.119. The molecule has 1 saturated heterocycles. The van der Waals surface area contributed by atoms with Gasteiger partial charge in [0.15, 0.2) is 5.03 Å². The zero-order chi connectivity index (χ0) is 13.2. The number of hydrogen-bond acceptors (Lipinski definition) is 5. The smallest absolute Gasteiger partial charge is 0.260 e. The molecule has 1 aliphatic rings. The number of sulfonamides is 1. The highest BCUT2D eigenvalue weighted by molar-refractivity contribution is 7.89. The topological polar surface area (TPSA) is 114 Å². The van der Waals surface area contributed by atoms with Gasteiger partial charge in [0.25, 0.3) is 10.0 Å². The van der Waals surface area contributed by atoms with Crippen LogP contribution >= 0.6 is 0 Å². The lowest BCUT2D eigenvalue weighted by Gasteiger charge is -2.12. The molecule has 2 heterocycles. The van der Waals surface area contributed by atoms with Crippen molar-refractivity contribution in [1.29, 1.82) is 0 Å². The van der Waals surface area contributed by atoms with Gasteiger partial charge >= 0.3 is 0 Å². The molecule has 1 fully saturated rings. The van der Waals surface area contributed by atoms with E-state index >= 15 is 0 Å². The summed E-state index contributed by atoms with van der Waals surface area (Å²) in [5.41, 5.74) is 5.66. The maximum atomic E-state index is 11.9. The number of hydrogen-bond donors (Lipinski definition) is 3. The molecule has 0 spiro atoms. The second-order valence-electron chi connectivity index (χ2n) is 4.05. The predicted octanol–water partition coefficient (Wildman–Crippen LogP) is -0.779. The minimum Gasteiger partial charge on any atom is -0.396 e. The first-order chi connectivity index (χ1) is 8.49. The highest BCUT2D eigenvalue weighted by Crippen LogP contribution is 2.14. The Labute approximate surface area is 105 Å². The molecular formula is C10H14N4O3S. The Hall–Kier alpha value is -1.67. The summed E-state index contributed by atoms with van der Waals surface area (Å²) in [6.45, 7) is 0.143. The number of nitrogen functional groups attached to an aromatic ring is 1. The van der Waals surface area contributed by atoms with Crippen LogP contribution < -0.4 is 15.8 Å². The number of pyridine rings is 1. The van der Waals surface area contributed by atoms with Gasteiger partial charge in [0.2, 0.25) is 5.91 Å². The average Bonchev–Trinajstić information content (AvgIpc) is 2.73. The van der Waals surface area contributed by atoms with Crippen LogP contribution in [0.1, 0.15) is 12.8 Å². The standard InChI is InChI=1S/C10H14N4O3S/c11-8-2-1-5-12-10(8)18(16,17)13-6-7-3-4-9(15)14-7/h1-2,5,7,13H,3-4,6,11H2,(H,14,15). The molecule has 18 heavy (non-hydrogen) atoms. The van der Waals surface area contributed by atoms with Gasteiger partial charge in [0.05, 0.1) is 5.69 Å². The van der Waals surface area contributed by atoms with Crippen molar-refractivity contribution >= 4 is 21.6 Å². The normalized spacial score (nSPS) is 19.8. The fourth-order valence-corrected chi connectivity index (χ4v) is 2.87. The van der Waals surface area contributed by atoms with E-state index in [9.17, 15) is 13.2 Å². The third-order valence-corrected chi connectivity index (χ3v) is 4.06. The third-order valence-electron chi connectivity index (χ3n) is 2.66. The Morgan fingerprint density at radius 3 is 2.94 bits per heavy atom. The summed E-state index contributed by atoms with van der Waals surface area (Å²) in [4.78, 5) is 14.7. The molecule has 0 saturated carbocycles. The minimum absolute atomic E-state index is 0.0588. The van der Waals surface area contributed by atoms with Crippen molar-refractivity contribution in [3.8, 4) is 0 Å². The van der Waals surface area contributed by atoms with Crippen molar-refractivity contribution in [2.45, 2.75) is 23.9 Å². The van der Waals surface area contributed by atoms with Crippen LogP contribution in [0.15, 0.2) is 23.4 Å². The van der Waals surface area contributed by atoms with E-state index in [0.29, 0.717) is 12.8 Å². The van der Waals surface area contributed by atoms with Gasteiger partial charge in [-0.3, -0.25) is 4.79 Å². The van der Waals surface area contributed by atoms with E-state index < -0.39 is 10.0 Å². The van der Waals surface area contributed by atoms with Gasteiger partial charge < -0.3 is 11.1 Å². The molecule has 0 aliphatic carbocycles. The van der Waals surface area contributed by atoms with E-state index in [4.69, 9.17) is 5.73 Å². The number of amides is 1. The predicted molar refractivity (Wildman–Crippen MR) is 65.0 cm³/mol. The molecule has 0 aromatic carbocycles. The quantitative estimate of drug-likeness (QED) is 0.664. The van der Waals surface area contributed by atoms with Gasteiger partial charge in [-0.15, -0.1) is 0 Å². The van der Waals surface area contributed by atoms with Gasteiger partial charge in [-0.05, 0) is 18.6 Å². The molecule has 1 unspecified atom stereocenters. The molecule has 0 radical (unpaired) electrons. The molecule has 1 aromatic heterocycles. The number of carbonyl (C=O) groups excluding carboxylic acids is 1. The summed E-state index contributed by atoms with van der Waals surface area (Å²) >= 11 is 0. The summed E-state index contributed by atoms with van der Waals surface area (Å²) in [6, 6.07) is 2.86. The van der Waals surface area contributed by atoms with Gasteiger partial charge in [-0.2, -0.15) is 0 Å². The van der Waals surface area contributed by atoms with E-state index in [1.54, 1.807) is 6.07 Å². The van der Waals surface area contributed by atoms with E-state index in [2.05, 4.69) is 15.0 Å². The summed E-state index contributed by atoms with van der Waals surface area (Å²) in [6.07, 6.45) is 2.42. The Morgan fingerprint density at radius 2 is 2.33 bits per heavy atom. The zero-order valence-corrected chi connectivity index (χ0v) is 10.4. The molecule has 2 rings (SSSR count). The molecule has 4 N–H and O–H groups in total. The Morgan fingerprint density at radius 1 is 1.56 bits per heavy atom. The van der Waals surface area contributed by atoms with Crippen molar-refractivity contribution < 1.29 is 13.2 Å². The monoisotopic (exact) mass is 270 g/mol. The molecule has 0 bridgehead atoms. The van der Waals surface area contributed by atoms with E-state index in [-0.39, 0.29) is 29.2 Å². The van der Waals surface area contributed by atoms with Gasteiger partial charge in [-0.25, -0.2) is 18.1 Å². The van der Waals surface area contributed by atoms with E-state index in [1.807, 2.05) is 0 Å². The van der Waals surface area contributed by atoms with Crippen LogP contribution in [0.2, 0.25) is 0 Å². The average molecular weight is 270 g/mol. The summed E-state index contributed by atoms with van der Waals surface area (Å²) in [5, 5.41) is 2.49. The van der Waals surface area contributed by atoms with Crippen LogP contribution in [0, 0.1) is 0 Å². The van der Waals surface area contributed by atoms with Gasteiger partial charge in [0.1, 0.15) is 0 Å². The number of anilines is 1. The van der Waals surface area contributed by atoms with Crippen molar-refractivity contribution in [1.82, 2.24) is 15.0 Å². The number of nitrogens with two attached hydrogens (primary N) is 1. The van der Waals surface area contributed by atoms with Crippen molar-refractivity contribution in [2.24, 2.45) is 0 Å². The van der Waals surface area contributed by atoms with Crippen LogP contribution in [0.3, 0.4) is 0 Å². The lowest BCUT2D eigenvalue weighted by atomic mass is 10.2. The minimum atomic E-state index is -3.73. The van der Waals surface area contributed by atoms with E-state index in [1.165, 1.54) is 12.3 Å². The lowest BCUT2D eigenvalue weighted by Crippen LogP contribution is -2.38. The van der Waals surface area contributed by atoms with Crippen LogP contribution in [-0.4, -0.2) is 31.9 Å². The second-order valence-corrected chi connectivity index (χ2v) is 5.74. The fraction of sp³-hybridized carbons (Fsp3) is 0.400. The van der Waals surface area contributed by atoms with Crippen molar-refractivity contribution in [3.63, 3.8) is 0 Å². The van der Waals surface area contributed by atoms with Crippen LogP contribution in [0.5, 0.6) is 0 Å². The molecule has 1 aliphatic heterocycles. The number of nitrogens with zero attached hydrogens (tertiary/aromatic N) is 1. The maximum absolute atomic E-state index is 11.9. The molecule has 1 atom stereocenters. The first-order valence-corrected chi connectivity index (χ1v) is 6.97. The first-order valence-electron chi connectivity index (χ1n) is 5.48. The SMILES string of the molecule is Nc1cccnc1S(=O)(=O)NCC1CCC(=O)N1. The molecule has 7 nitrogen and oxygen atoms in total. The van der Waals surface area contributed by atoms with Gasteiger partial charge in [-0.1, -0.05) is 0 Å². The van der Waals surface area contributed by atoms with Crippen molar-refractivity contribution in [3.05, 3.63) is 18.3 Å². The van der Waals surface area contributed by atoms with Gasteiger partial charge in [0, 0.05) is 25.2 Å². The van der Waals surface area contributed by atoms with Crippen molar-refractivity contribution in [2.75, 3.05) is 12.3 Å². The highest BCUT2D eigenvalue weighted by Gasteiger charge is 2.24. The number of aromatic nitrogens is 1. The molecular weight excluding hydrogens is 256 g/mol. The highest BCUT2D eigenvalue weighted by atomic mass is 32.2. The molecule has 98 valence electrons. The summed E-state index contributed by atoms with van der Waals surface area (Å²) in [7, 11) is -3.73. The number of carbonyl (C=O) groups is 1. The van der Waals surface area contributed by atoms with Crippen LogP contribution in [0.25, 0.3) is 0 Å². The molecule has 8 heteroatoms. The fourth-order valence-electron chi connectivity index (χ4n) is 1.74. The number of nitrogens with one attached hydrogen (secondary N) is 2. The summed E-state index contributed by atoms with van der Waals surface area (Å²) in [5.74, 6) is -0.0588. The van der Waals surface area contributed by atoms with E-state index in [0.717, 1.165) is 0 Å². The Bertz CT molecular complexity index is 558. The maximum Gasteiger partial charge on any atom is 0.260 e. The zero-order valence-electron chi connectivity index (χ0n) is 9.59. The van der Waals surface area contributed by atoms with Crippen LogP contribution in [-0.2, 0) is 14.8 Å². The van der Waals surface area contributed by atoms with Crippen LogP contribution in [0.4, 0.5) is 5.69 Å². The third kappa shape index (κ3) is 2.77. The second kappa shape index (κ2) is 4.91. The number of rotatable bonds is 4. The first kappa shape index (κ1) is 12.8. The largest absolute Gasteiger partial charge is 0.396 e.